The van der Waals surface area contributed by atoms with Crippen molar-refractivity contribution in [2.24, 2.45) is 0 Å². The van der Waals surface area contributed by atoms with Crippen molar-refractivity contribution in [1.29, 1.82) is 0 Å². The first-order valence-corrected chi connectivity index (χ1v) is 4.48. The quantitative estimate of drug-likeness (QED) is 0.423. The Morgan fingerprint density at radius 1 is 0.786 bits per heavy atom. The number of hydrogen-bond donors (Lipinski definition) is 4. The van der Waals surface area contributed by atoms with Crippen LogP contribution in [0.1, 0.15) is 12.8 Å². The molecule has 0 bridgehead atoms. The summed E-state index contributed by atoms with van der Waals surface area (Å²) in [7, 11) is 0. The van der Waals surface area contributed by atoms with Crippen LogP contribution in [0.3, 0.4) is 0 Å². The smallest absolute Gasteiger partial charge is 0.109 e. The average Bonchev–Trinajstić information content (AvgIpc) is 2.16. The van der Waals surface area contributed by atoms with Gasteiger partial charge in [0.05, 0.1) is 12.2 Å². The van der Waals surface area contributed by atoms with Crippen LogP contribution < -0.4 is 0 Å². The zero-order valence-electron chi connectivity index (χ0n) is 8.08. The molecule has 0 saturated carbocycles. The summed E-state index contributed by atoms with van der Waals surface area (Å²) in [5.74, 6) is 0. The molecule has 0 spiro atoms. The molecule has 14 heavy (non-hydrogen) atoms. The molecule has 0 amide bonds. The molecule has 0 unspecified atom stereocenters. The van der Waals surface area contributed by atoms with Crippen LogP contribution in [0.25, 0.3) is 0 Å². The van der Waals surface area contributed by atoms with Crippen LogP contribution in [0.15, 0.2) is 25.3 Å². The van der Waals surface area contributed by atoms with Gasteiger partial charge in [0.15, 0.2) is 0 Å². The Morgan fingerprint density at radius 2 is 1.07 bits per heavy atom. The summed E-state index contributed by atoms with van der Waals surface area (Å²) >= 11 is 0. The van der Waals surface area contributed by atoms with Gasteiger partial charge >= 0.3 is 0 Å². The minimum Gasteiger partial charge on any atom is -0.390 e. The van der Waals surface area contributed by atoms with E-state index < -0.39 is 24.4 Å². The fraction of sp³-hybridized carbons (Fsp3) is 0.600. The van der Waals surface area contributed by atoms with Crippen LogP contribution in [-0.4, -0.2) is 44.8 Å². The van der Waals surface area contributed by atoms with Crippen LogP contribution in [0.4, 0.5) is 0 Å². The molecule has 0 aliphatic rings. The molecule has 0 fully saturated rings. The summed E-state index contributed by atoms with van der Waals surface area (Å²) < 4.78 is 0. The highest BCUT2D eigenvalue weighted by Crippen LogP contribution is 2.10. The van der Waals surface area contributed by atoms with Crippen LogP contribution in [0.2, 0.25) is 0 Å². The lowest BCUT2D eigenvalue weighted by Gasteiger charge is -2.25. The minimum atomic E-state index is -1.37. The summed E-state index contributed by atoms with van der Waals surface area (Å²) in [6.45, 7) is 6.78. The zero-order chi connectivity index (χ0) is 11.1. The van der Waals surface area contributed by atoms with Gasteiger partial charge in [-0.3, -0.25) is 0 Å². The Kier molecular flexibility index (Phi) is 6.40. The second-order valence-corrected chi connectivity index (χ2v) is 3.16. The van der Waals surface area contributed by atoms with E-state index in [1.807, 2.05) is 0 Å². The Hall–Kier alpha value is -0.680. The number of hydrogen-bond acceptors (Lipinski definition) is 4. The van der Waals surface area contributed by atoms with Crippen molar-refractivity contribution in [3.63, 3.8) is 0 Å². The van der Waals surface area contributed by atoms with Gasteiger partial charge in [0.1, 0.15) is 12.2 Å². The summed E-state index contributed by atoms with van der Waals surface area (Å²) in [6.07, 6.45) is -1.77. The van der Waals surface area contributed by atoms with Gasteiger partial charge in [0.25, 0.3) is 0 Å². The van der Waals surface area contributed by atoms with E-state index >= 15 is 0 Å². The highest BCUT2D eigenvalue weighted by atomic mass is 16.4. The van der Waals surface area contributed by atoms with Gasteiger partial charge in [-0.2, -0.15) is 0 Å². The van der Waals surface area contributed by atoms with Crippen LogP contribution >= 0.6 is 0 Å². The van der Waals surface area contributed by atoms with Crippen molar-refractivity contribution in [3.05, 3.63) is 25.3 Å². The minimum absolute atomic E-state index is 0.166. The third-order valence-electron chi connectivity index (χ3n) is 1.95. The molecule has 4 N–H and O–H groups in total. The Balaban J connectivity index is 4.13. The number of aliphatic hydroxyl groups is 4. The SMILES string of the molecule is C=CC[C@@H](O)[C@@H](O)[C@H](O)[C@H](O)CC=C. The maximum atomic E-state index is 9.37. The summed E-state index contributed by atoms with van der Waals surface area (Å²) in [5, 5.41) is 37.3. The van der Waals surface area contributed by atoms with E-state index in [9.17, 15) is 20.4 Å². The Labute approximate surface area is 83.8 Å². The predicted octanol–water partition coefficient (Wildman–Crippen LogP) is -0.418. The van der Waals surface area contributed by atoms with Gasteiger partial charge in [-0.05, 0) is 12.8 Å². The molecule has 4 heteroatoms. The van der Waals surface area contributed by atoms with E-state index in [1.165, 1.54) is 12.2 Å². The first kappa shape index (κ1) is 13.3. The standard InChI is InChI=1S/C10H18O4/c1-3-5-7(11)9(13)10(14)8(12)6-4-2/h3-4,7-14H,1-2,5-6H2/t7-,8-,9-,10-/m1/s1. The summed E-state index contributed by atoms with van der Waals surface area (Å²) in [5.41, 5.74) is 0. The van der Waals surface area contributed by atoms with E-state index in [0.717, 1.165) is 0 Å². The Bertz CT molecular complexity index is 161. The number of rotatable bonds is 7. The van der Waals surface area contributed by atoms with E-state index in [4.69, 9.17) is 0 Å². The molecule has 4 nitrogen and oxygen atoms in total. The normalized spacial score (nSPS) is 19.4. The molecule has 0 rings (SSSR count). The average molecular weight is 202 g/mol. The van der Waals surface area contributed by atoms with Crippen molar-refractivity contribution in [1.82, 2.24) is 0 Å². The molecule has 0 aliphatic carbocycles. The molecular weight excluding hydrogens is 184 g/mol. The van der Waals surface area contributed by atoms with E-state index in [2.05, 4.69) is 13.2 Å². The lowest BCUT2D eigenvalue weighted by atomic mass is 9.99. The molecule has 0 radical (unpaired) electrons. The van der Waals surface area contributed by atoms with Crippen molar-refractivity contribution in [2.75, 3.05) is 0 Å². The Morgan fingerprint density at radius 3 is 1.29 bits per heavy atom. The molecule has 0 aliphatic heterocycles. The lowest BCUT2D eigenvalue weighted by molar-refractivity contribution is -0.102. The third kappa shape index (κ3) is 4.02. The third-order valence-corrected chi connectivity index (χ3v) is 1.95. The molecule has 0 aromatic heterocycles. The zero-order valence-corrected chi connectivity index (χ0v) is 8.08. The highest BCUT2D eigenvalue weighted by Gasteiger charge is 2.28. The maximum Gasteiger partial charge on any atom is 0.109 e. The van der Waals surface area contributed by atoms with Crippen LogP contribution in [0.5, 0.6) is 0 Å². The molecule has 0 saturated heterocycles. The molecule has 0 aromatic carbocycles. The lowest BCUT2D eigenvalue weighted by Crippen LogP contribution is -2.44. The van der Waals surface area contributed by atoms with Gasteiger partial charge < -0.3 is 20.4 Å². The maximum absolute atomic E-state index is 9.37. The first-order valence-electron chi connectivity index (χ1n) is 4.48. The van der Waals surface area contributed by atoms with Gasteiger partial charge in [0, 0.05) is 0 Å². The van der Waals surface area contributed by atoms with Gasteiger partial charge in [0.2, 0.25) is 0 Å². The monoisotopic (exact) mass is 202 g/mol. The number of aliphatic hydroxyl groups excluding tert-OH is 4. The van der Waals surface area contributed by atoms with Crippen LogP contribution in [0, 0.1) is 0 Å². The predicted molar refractivity (Wildman–Crippen MR) is 53.7 cm³/mol. The molecular formula is C10H18O4. The van der Waals surface area contributed by atoms with E-state index in [-0.39, 0.29) is 12.8 Å². The topological polar surface area (TPSA) is 80.9 Å². The van der Waals surface area contributed by atoms with Crippen molar-refractivity contribution < 1.29 is 20.4 Å². The highest BCUT2D eigenvalue weighted by molar-refractivity contribution is 4.87. The fourth-order valence-electron chi connectivity index (χ4n) is 1.08. The largest absolute Gasteiger partial charge is 0.390 e. The molecule has 82 valence electrons. The van der Waals surface area contributed by atoms with Crippen molar-refractivity contribution in [3.8, 4) is 0 Å². The first-order chi connectivity index (χ1) is 6.54. The van der Waals surface area contributed by atoms with Gasteiger partial charge in [-0.25, -0.2) is 0 Å². The van der Waals surface area contributed by atoms with Crippen molar-refractivity contribution >= 4 is 0 Å². The van der Waals surface area contributed by atoms with Gasteiger partial charge in [-0.15, -0.1) is 13.2 Å². The second-order valence-electron chi connectivity index (χ2n) is 3.16. The molecule has 4 atom stereocenters. The van der Waals surface area contributed by atoms with Crippen molar-refractivity contribution in [2.45, 2.75) is 37.3 Å². The van der Waals surface area contributed by atoms with E-state index in [0.29, 0.717) is 0 Å². The van der Waals surface area contributed by atoms with E-state index in [1.54, 1.807) is 0 Å². The van der Waals surface area contributed by atoms with Crippen LogP contribution in [-0.2, 0) is 0 Å². The summed E-state index contributed by atoms with van der Waals surface area (Å²) in [6, 6.07) is 0. The fourth-order valence-corrected chi connectivity index (χ4v) is 1.08. The van der Waals surface area contributed by atoms with Gasteiger partial charge in [-0.1, -0.05) is 12.2 Å². The molecule has 0 aromatic rings. The summed E-state index contributed by atoms with van der Waals surface area (Å²) in [4.78, 5) is 0. The molecule has 0 heterocycles. The second kappa shape index (κ2) is 6.73.